The van der Waals surface area contributed by atoms with Crippen molar-refractivity contribution in [3.63, 3.8) is 0 Å². The zero-order chi connectivity index (χ0) is 15.2. The van der Waals surface area contributed by atoms with E-state index in [0.717, 1.165) is 17.7 Å². The number of thioether (sulfide) groups is 1. The van der Waals surface area contributed by atoms with Crippen molar-refractivity contribution in [1.82, 2.24) is 5.32 Å². The van der Waals surface area contributed by atoms with Gasteiger partial charge in [0.25, 0.3) is 0 Å². The van der Waals surface area contributed by atoms with Gasteiger partial charge in [0, 0.05) is 26.7 Å². The van der Waals surface area contributed by atoms with Gasteiger partial charge in [-0.05, 0) is 43.3 Å². The Hall–Kier alpha value is -0.740. The lowest BCUT2D eigenvalue weighted by Gasteiger charge is -2.17. The first-order valence-corrected chi connectivity index (χ1v) is 8.33. The predicted molar refractivity (Wildman–Crippen MR) is 90.1 cm³/mol. The molecule has 5 heteroatoms. The highest BCUT2D eigenvalue weighted by Crippen LogP contribution is 2.25. The van der Waals surface area contributed by atoms with E-state index in [4.69, 9.17) is 23.2 Å². The second-order valence-electron chi connectivity index (χ2n) is 4.67. The lowest BCUT2D eigenvalue weighted by atomic mass is 10.1. The standard InChI is InChI=1S/C16H16Cl2FNS/c1-20-13(8-11-6-7-12(17)9-14(11)18)10-21-16-5-3-2-4-15(16)19/h2-7,9,13,20H,8,10H2,1H3. The minimum atomic E-state index is -0.179. The molecule has 0 aromatic heterocycles. The van der Waals surface area contributed by atoms with Gasteiger partial charge in [0.1, 0.15) is 5.82 Å². The van der Waals surface area contributed by atoms with Gasteiger partial charge in [-0.15, -0.1) is 11.8 Å². The van der Waals surface area contributed by atoms with Crippen LogP contribution in [0.1, 0.15) is 5.56 Å². The largest absolute Gasteiger partial charge is 0.316 e. The lowest BCUT2D eigenvalue weighted by molar-refractivity contribution is 0.598. The first-order chi connectivity index (χ1) is 10.1. The molecule has 0 heterocycles. The van der Waals surface area contributed by atoms with Gasteiger partial charge in [0.05, 0.1) is 0 Å². The van der Waals surface area contributed by atoms with E-state index in [0.29, 0.717) is 14.9 Å². The maximum Gasteiger partial charge on any atom is 0.136 e. The Bertz CT molecular complexity index is 607. The molecule has 2 rings (SSSR count). The average molecular weight is 344 g/mol. The number of rotatable bonds is 6. The van der Waals surface area contributed by atoms with Crippen LogP contribution in [0.5, 0.6) is 0 Å². The highest BCUT2D eigenvalue weighted by atomic mass is 35.5. The van der Waals surface area contributed by atoms with Gasteiger partial charge in [-0.25, -0.2) is 4.39 Å². The fourth-order valence-corrected chi connectivity index (χ4v) is 3.48. The van der Waals surface area contributed by atoms with Crippen molar-refractivity contribution in [2.45, 2.75) is 17.4 Å². The Morgan fingerprint density at radius 3 is 2.62 bits per heavy atom. The van der Waals surface area contributed by atoms with E-state index in [9.17, 15) is 4.39 Å². The molecule has 21 heavy (non-hydrogen) atoms. The number of hydrogen-bond acceptors (Lipinski definition) is 2. The van der Waals surface area contributed by atoms with E-state index in [1.807, 2.05) is 25.2 Å². The van der Waals surface area contributed by atoms with Crippen LogP contribution in [0.15, 0.2) is 47.4 Å². The van der Waals surface area contributed by atoms with Gasteiger partial charge < -0.3 is 5.32 Å². The Morgan fingerprint density at radius 2 is 1.95 bits per heavy atom. The summed E-state index contributed by atoms with van der Waals surface area (Å²) in [5.74, 6) is 0.581. The molecule has 0 saturated heterocycles. The molecular weight excluding hydrogens is 328 g/mol. The highest BCUT2D eigenvalue weighted by molar-refractivity contribution is 7.99. The summed E-state index contributed by atoms with van der Waals surface area (Å²) < 4.78 is 13.6. The third-order valence-corrected chi connectivity index (χ3v) is 4.96. The van der Waals surface area contributed by atoms with Crippen molar-refractivity contribution < 1.29 is 4.39 Å². The summed E-state index contributed by atoms with van der Waals surface area (Å²) in [4.78, 5) is 0.667. The minimum Gasteiger partial charge on any atom is -0.316 e. The molecule has 2 aromatic carbocycles. The van der Waals surface area contributed by atoms with Crippen molar-refractivity contribution in [3.8, 4) is 0 Å². The van der Waals surface area contributed by atoms with E-state index in [2.05, 4.69) is 5.32 Å². The summed E-state index contributed by atoms with van der Waals surface area (Å²) in [5, 5.41) is 4.54. The van der Waals surface area contributed by atoms with Crippen LogP contribution in [0, 0.1) is 5.82 Å². The molecule has 1 nitrogen and oxygen atoms in total. The number of nitrogens with one attached hydrogen (secondary N) is 1. The second kappa shape index (κ2) is 8.04. The summed E-state index contributed by atoms with van der Waals surface area (Å²) >= 11 is 13.6. The Kier molecular flexibility index (Phi) is 6.37. The van der Waals surface area contributed by atoms with Crippen molar-refractivity contribution >= 4 is 35.0 Å². The monoisotopic (exact) mass is 343 g/mol. The number of halogens is 3. The molecule has 1 atom stereocenters. The Labute approximate surface area is 138 Å². The van der Waals surface area contributed by atoms with E-state index in [1.54, 1.807) is 18.2 Å². The number of benzene rings is 2. The maximum atomic E-state index is 13.6. The first-order valence-electron chi connectivity index (χ1n) is 6.58. The molecule has 0 radical (unpaired) electrons. The fourth-order valence-electron chi connectivity index (χ4n) is 1.95. The Balaban J connectivity index is 1.99. The predicted octanol–water partition coefficient (Wildman–Crippen LogP) is 5.06. The smallest absolute Gasteiger partial charge is 0.136 e. The molecule has 112 valence electrons. The van der Waals surface area contributed by atoms with Crippen LogP contribution in [0.2, 0.25) is 10.0 Å². The highest BCUT2D eigenvalue weighted by Gasteiger charge is 2.12. The summed E-state index contributed by atoms with van der Waals surface area (Å²) in [6.07, 6.45) is 0.772. The van der Waals surface area contributed by atoms with Crippen LogP contribution in [0.3, 0.4) is 0 Å². The molecule has 2 aromatic rings. The molecule has 0 aliphatic rings. The van der Waals surface area contributed by atoms with Crippen LogP contribution in [0.4, 0.5) is 4.39 Å². The number of likely N-dealkylation sites (N-methyl/N-ethyl adjacent to an activating group) is 1. The topological polar surface area (TPSA) is 12.0 Å². The molecule has 0 amide bonds. The molecule has 0 aliphatic carbocycles. The zero-order valence-electron chi connectivity index (χ0n) is 11.6. The summed E-state index contributed by atoms with van der Waals surface area (Å²) in [7, 11) is 1.90. The molecule has 0 bridgehead atoms. The second-order valence-corrected chi connectivity index (χ2v) is 6.57. The first kappa shape index (κ1) is 16.6. The Morgan fingerprint density at radius 1 is 1.19 bits per heavy atom. The van der Waals surface area contributed by atoms with E-state index in [1.165, 1.54) is 17.8 Å². The quantitative estimate of drug-likeness (QED) is 0.736. The molecule has 0 saturated carbocycles. The van der Waals surface area contributed by atoms with Gasteiger partial charge in [0.15, 0.2) is 0 Å². The maximum absolute atomic E-state index is 13.6. The summed E-state index contributed by atoms with van der Waals surface area (Å²) in [6.45, 7) is 0. The third-order valence-electron chi connectivity index (χ3n) is 3.17. The SMILES string of the molecule is CNC(CSc1ccccc1F)Cc1ccc(Cl)cc1Cl. The van der Waals surface area contributed by atoms with Crippen LogP contribution in [-0.2, 0) is 6.42 Å². The van der Waals surface area contributed by atoms with Gasteiger partial charge in [0.2, 0.25) is 0 Å². The van der Waals surface area contributed by atoms with Crippen LogP contribution in [-0.4, -0.2) is 18.8 Å². The fraction of sp³-hybridized carbons (Fsp3) is 0.250. The van der Waals surface area contributed by atoms with Gasteiger partial charge in [-0.2, -0.15) is 0 Å². The molecule has 1 unspecified atom stereocenters. The van der Waals surface area contributed by atoms with E-state index >= 15 is 0 Å². The molecular formula is C16H16Cl2FNS. The summed E-state index contributed by atoms with van der Waals surface area (Å²) in [6, 6.07) is 12.5. The van der Waals surface area contributed by atoms with E-state index < -0.39 is 0 Å². The minimum absolute atomic E-state index is 0.179. The molecule has 0 spiro atoms. The normalized spacial score (nSPS) is 12.4. The van der Waals surface area contributed by atoms with Crippen LogP contribution < -0.4 is 5.32 Å². The van der Waals surface area contributed by atoms with Gasteiger partial charge >= 0.3 is 0 Å². The van der Waals surface area contributed by atoms with Crippen molar-refractivity contribution in [3.05, 3.63) is 63.9 Å². The van der Waals surface area contributed by atoms with Crippen molar-refractivity contribution in [2.75, 3.05) is 12.8 Å². The summed E-state index contributed by atoms with van der Waals surface area (Å²) in [5.41, 5.74) is 1.04. The lowest BCUT2D eigenvalue weighted by Crippen LogP contribution is -2.30. The van der Waals surface area contributed by atoms with Crippen LogP contribution in [0.25, 0.3) is 0 Å². The molecule has 0 aliphatic heterocycles. The van der Waals surface area contributed by atoms with Crippen molar-refractivity contribution in [1.29, 1.82) is 0 Å². The molecule has 1 N–H and O–H groups in total. The average Bonchev–Trinajstić information content (AvgIpc) is 2.47. The van der Waals surface area contributed by atoms with Crippen LogP contribution >= 0.6 is 35.0 Å². The van der Waals surface area contributed by atoms with E-state index in [-0.39, 0.29) is 11.9 Å². The molecule has 0 fully saturated rings. The van der Waals surface area contributed by atoms with Crippen molar-refractivity contribution in [2.24, 2.45) is 0 Å². The number of hydrogen-bond donors (Lipinski definition) is 1. The third kappa shape index (κ3) is 4.89. The zero-order valence-corrected chi connectivity index (χ0v) is 13.9. The van der Waals surface area contributed by atoms with Gasteiger partial charge in [-0.1, -0.05) is 41.4 Å². The van der Waals surface area contributed by atoms with Gasteiger partial charge in [-0.3, -0.25) is 0 Å².